The first-order valence-electron chi connectivity index (χ1n) is 7.43. The number of rotatable bonds is 3. The third kappa shape index (κ3) is 2.59. The Kier molecular flexibility index (Phi) is 4.10. The lowest BCUT2D eigenvalue weighted by Crippen LogP contribution is -2.56. The van der Waals surface area contributed by atoms with E-state index in [1.54, 1.807) is 17.0 Å². The average Bonchev–Trinajstić information content (AvgIpc) is 2.48. The van der Waals surface area contributed by atoms with Crippen molar-refractivity contribution in [3.05, 3.63) is 34.9 Å². The number of halogens is 1. The Labute approximate surface area is 133 Å². The SMILES string of the molecule is O=C(O)[C@H]1CN(C(=O)C2(c3ccc(Cl)cc3)CCC2)CCO1. The Hall–Kier alpha value is -1.59. The lowest BCUT2D eigenvalue weighted by molar-refractivity contribution is -0.162. The molecule has 0 spiro atoms. The maximum Gasteiger partial charge on any atom is 0.334 e. The van der Waals surface area contributed by atoms with E-state index in [1.165, 1.54) is 0 Å². The second-order valence-electron chi connectivity index (χ2n) is 5.89. The molecule has 0 radical (unpaired) electrons. The van der Waals surface area contributed by atoms with Crippen LogP contribution in [0.3, 0.4) is 0 Å². The summed E-state index contributed by atoms with van der Waals surface area (Å²) in [5, 5.41) is 9.72. The largest absolute Gasteiger partial charge is 0.479 e. The Morgan fingerprint density at radius 2 is 1.95 bits per heavy atom. The van der Waals surface area contributed by atoms with E-state index in [4.69, 9.17) is 21.4 Å². The predicted octanol–water partition coefficient (Wildman–Crippen LogP) is 2.07. The molecule has 1 amide bonds. The summed E-state index contributed by atoms with van der Waals surface area (Å²) in [6.45, 7) is 0.820. The number of nitrogens with zero attached hydrogens (tertiary/aromatic N) is 1. The Morgan fingerprint density at radius 3 is 2.50 bits per heavy atom. The van der Waals surface area contributed by atoms with Crippen LogP contribution in [0.5, 0.6) is 0 Å². The summed E-state index contributed by atoms with van der Waals surface area (Å²) in [7, 11) is 0. The maximum absolute atomic E-state index is 13.0. The molecule has 22 heavy (non-hydrogen) atoms. The van der Waals surface area contributed by atoms with E-state index in [0.29, 0.717) is 11.6 Å². The monoisotopic (exact) mass is 323 g/mol. The molecule has 2 aliphatic rings. The molecule has 5 nitrogen and oxygen atoms in total. The number of hydrogen-bond acceptors (Lipinski definition) is 3. The lowest BCUT2D eigenvalue weighted by atomic mass is 9.63. The molecule has 1 heterocycles. The number of carboxylic acids is 1. The van der Waals surface area contributed by atoms with Gasteiger partial charge in [-0.2, -0.15) is 0 Å². The number of carboxylic acid groups (broad SMARTS) is 1. The number of ether oxygens (including phenoxy) is 1. The third-order valence-electron chi connectivity index (χ3n) is 4.64. The Morgan fingerprint density at radius 1 is 1.27 bits per heavy atom. The fourth-order valence-electron chi connectivity index (χ4n) is 3.21. The van der Waals surface area contributed by atoms with Crippen molar-refractivity contribution in [1.29, 1.82) is 0 Å². The minimum atomic E-state index is -1.02. The molecule has 2 fully saturated rings. The van der Waals surface area contributed by atoms with Crippen molar-refractivity contribution in [3.8, 4) is 0 Å². The summed E-state index contributed by atoms with van der Waals surface area (Å²) < 4.78 is 5.19. The van der Waals surface area contributed by atoms with Crippen LogP contribution in [0.4, 0.5) is 0 Å². The Bertz CT molecular complexity index is 582. The van der Waals surface area contributed by atoms with Gasteiger partial charge in [-0.3, -0.25) is 4.79 Å². The van der Waals surface area contributed by atoms with E-state index >= 15 is 0 Å². The highest BCUT2D eigenvalue weighted by Gasteiger charge is 2.48. The van der Waals surface area contributed by atoms with E-state index in [1.807, 2.05) is 12.1 Å². The molecule has 1 atom stereocenters. The predicted molar refractivity (Wildman–Crippen MR) is 80.9 cm³/mol. The molecular weight excluding hydrogens is 306 g/mol. The molecule has 1 aromatic rings. The van der Waals surface area contributed by atoms with Gasteiger partial charge in [0.25, 0.3) is 0 Å². The zero-order valence-corrected chi connectivity index (χ0v) is 12.9. The first kappa shape index (κ1) is 15.3. The highest BCUT2D eigenvalue weighted by Crippen LogP contribution is 2.45. The fourth-order valence-corrected chi connectivity index (χ4v) is 3.34. The van der Waals surface area contributed by atoms with E-state index in [2.05, 4.69) is 0 Å². The van der Waals surface area contributed by atoms with Gasteiger partial charge in [0.15, 0.2) is 6.10 Å². The standard InChI is InChI=1S/C16H18ClNO4/c17-12-4-2-11(3-5-12)16(6-1-7-16)15(21)18-8-9-22-13(10-18)14(19)20/h2-5,13H,1,6-10H2,(H,19,20)/t13-/m1/s1. The van der Waals surface area contributed by atoms with E-state index < -0.39 is 17.5 Å². The summed E-state index contributed by atoms with van der Waals surface area (Å²) in [4.78, 5) is 25.7. The van der Waals surface area contributed by atoms with E-state index in [9.17, 15) is 9.59 Å². The first-order valence-corrected chi connectivity index (χ1v) is 7.80. The van der Waals surface area contributed by atoms with Gasteiger partial charge in [-0.1, -0.05) is 30.2 Å². The van der Waals surface area contributed by atoms with Crippen LogP contribution in [-0.4, -0.2) is 47.7 Å². The molecule has 1 aromatic carbocycles. The van der Waals surface area contributed by atoms with Crippen LogP contribution in [-0.2, 0) is 19.7 Å². The van der Waals surface area contributed by atoms with Crippen molar-refractivity contribution < 1.29 is 19.4 Å². The van der Waals surface area contributed by atoms with Crippen LogP contribution < -0.4 is 0 Å². The van der Waals surface area contributed by atoms with Gasteiger partial charge in [-0.25, -0.2) is 4.79 Å². The van der Waals surface area contributed by atoms with E-state index in [0.717, 1.165) is 24.8 Å². The third-order valence-corrected chi connectivity index (χ3v) is 4.89. The number of morpholine rings is 1. The van der Waals surface area contributed by atoms with Crippen LogP contribution in [0, 0.1) is 0 Å². The van der Waals surface area contributed by atoms with Crippen molar-refractivity contribution in [1.82, 2.24) is 4.90 Å². The van der Waals surface area contributed by atoms with Crippen molar-refractivity contribution >= 4 is 23.5 Å². The second-order valence-corrected chi connectivity index (χ2v) is 6.33. The lowest BCUT2D eigenvalue weighted by Gasteiger charge is -2.45. The molecular formula is C16H18ClNO4. The number of amides is 1. The number of carbonyl (C=O) groups is 2. The minimum absolute atomic E-state index is 0.00984. The summed E-state index contributed by atoms with van der Waals surface area (Å²) >= 11 is 5.93. The first-order chi connectivity index (χ1) is 10.5. The average molecular weight is 324 g/mol. The highest BCUT2D eigenvalue weighted by molar-refractivity contribution is 6.30. The summed E-state index contributed by atoms with van der Waals surface area (Å²) in [5.41, 5.74) is 0.442. The number of benzene rings is 1. The summed E-state index contributed by atoms with van der Waals surface area (Å²) in [6, 6.07) is 7.39. The number of carbonyl (C=O) groups excluding carboxylic acids is 1. The molecule has 1 aliphatic carbocycles. The normalized spacial score (nSPS) is 23.7. The smallest absolute Gasteiger partial charge is 0.334 e. The molecule has 1 saturated heterocycles. The van der Waals surface area contributed by atoms with E-state index in [-0.39, 0.29) is 19.1 Å². The summed E-state index contributed by atoms with van der Waals surface area (Å²) in [5.74, 6) is -1.01. The van der Waals surface area contributed by atoms with Crippen LogP contribution in [0.2, 0.25) is 5.02 Å². The molecule has 3 rings (SSSR count). The van der Waals surface area contributed by atoms with Gasteiger partial charge < -0.3 is 14.7 Å². The van der Waals surface area contributed by atoms with Crippen molar-refractivity contribution in [2.75, 3.05) is 19.7 Å². The van der Waals surface area contributed by atoms with Crippen LogP contribution >= 0.6 is 11.6 Å². The van der Waals surface area contributed by atoms with Crippen molar-refractivity contribution in [2.24, 2.45) is 0 Å². The summed E-state index contributed by atoms with van der Waals surface area (Å²) in [6.07, 6.45) is 1.66. The topological polar surface area (TPSA) is 66.8 Å². The minimum Gasteiger partial charge on any atom is -0.479 e. The second kappa shape index (κ2) is 5.89. The van der Waals surface area contributed by atoms with Crippen molar-refractivity contribution in [3.63, 3.8) is 0 Å². The van der Waals surface area contributed by atoms with Crippen LogP contribution in [0.25, 0.3) is 0 Å². The maximum atomic E-state index is 13.0. The van der Waals surface area contributed by atoms with Gasteiger partial charge in [0.2, 0.25) is 5.91 Å². The van der Waals surface area contributed by atoms with Crippen LogP contribution in [0.15, 0.2) is 24.3 Å². The zero-order chi connectivity index (χ0) is 15.7. The van der Waals surface area contributed by atoms with Gasteiger partial charge in [0.05, 0.1) is 18.6 Å². The molecule has 6 heteroatoms. The molecule has 1 aliphatic heterocycles. The van der Waals surface area contributed by atoms with Crippen molar-refractivity contribution in [2.45, 2.75) is 30.8 Å². The quantitative estimate of drug-likeness (QED) is 0.924. The highest BCUT2D eigenvalue weighted by atomic mass is 35.5. The Balaban J connectivity index is 1.82. The van der Waals surface area contributed by atoms with Gasteiger partial charge in [-0.05, 0) is 30.5 Å². The number of aliphatic carboxylic acids is 1. The molecule has 1 saturated carbocycles. The molecule has 0 unspecified atom stereocenters. The van der Waals surface area contributed by atoms with Gasteiger partial charge in [0.1, 0.15) is 0 Å². The molecule has 0 bridgehead atoms. The van der Waals surface area contributed by atoms with Gasteiger partial charge >= 0.3 is 5.97 Å². The molecule has 118 valence electrons. The molecule has 0 aromatic heterocycles. The number of hydrogen-bond donors (Lipinski definition) is 1. The van der Waals surface area contributed by atoms with Crippen LogP contribution in [0.1, 0.15) is 24.8 Å². The van der Waals surface area contributed by atoms with Gasteiger partial charge in [-0.15, -0.1) is 0 Å². The zero-order valence-electron chi connectivity index (χ0n) is 12.1. The van der Waals surface area contributed by atoms with Gasteiger partial charge in [0, 0.05) is 11.6 Å². The molecule has 1 N–H and O–H groups in total. The fraction of sp³-hybridized carbons (Fsp3) is 0.500.